The standard InChI is InChI=1S/C19H15ClO8/c1-8-5-11(26-9(2)21)14-12(6-8)27-16-10(18(22)25-4)7-13(24-3)15(20)17(16)28-19(14)23/h5-7H,1-4H3. The van der Waals surface area contributed by atoms with Crippen LogP contribution in [0, 0.1) is 6.92 Å². The number of ether oxygens (including phenoxy) is 5. The van der Waals surface area contributed by atoms with Crippen molar-refractivity contribution in [2.75, 3.05) is 14.2 Å². The van der Waals surface area contributed by atoms with Crippen molar-refractivity contribution in [1.82, 2.24) is 0 Å². The number of benzene rings is 2. The highest BCUT2D eigenvalue weighted by atomic mass is 35.5. The molecule has 3 rings (SSSR count). The Morgan fingerprint density at radius 2 is 1.75 bits per heavy atom. The monoisotopic (exact) mass is 406 g/mol. The van der Waals surface area contributed by atoms with Crippen LogP contribution in [-0.4, -0.2) is 32.1 Å². The Balaban J connectivity index is 2.29. The second-order valence-corrected chi connectivity index (χ2v) is 6.19. The topological polar surface area (TPSA) is 97.4 Å². The van der Waals surface area contributed by atoms with E-state index in [2.05, 4.69) is 0 Å². The maximum absolute atomic E-state index is 12.8. The molecule has 0 bridgehead atoms. The quantitative estimate of drug-likeness (QED) is 0.562. The van der Waals surface area contributed by atoms with Gasteiger partial charge < -0.3 is 23.7 Å². The number of rotatable bonds is 3. The van der Waals surface area contributed by atoms with E-state index < -0.39 is 17.9 Å². The van der Waals surface area contributed by atoms with Crippen LogP contribution in [-0.2, 0) is 9.53 Å². The van der Waals surface area contributed by atoms with Gasteiger partial charge in [0, 0.05) is 13.0 Å². The molecule has 1 aliphatic heterocycles. The van der Waals surface area contributed by atoms with Gasteiger partial charge in [0.15, 0.2) is 11.5 Å². The number of fused-ring (bicyclic) bond motifs is 2. The second-order valence-electron chi connectivity index (χ2n) is 5.81. The molecule has 8 nitrogen and oxygen atoms in total. The van der Waals surface area contributed by atoms with Gasteiger partial charge in [-0.3, -0.25) is 4.79 Å². The SMILES string of the molecule is COC(=O)c1cc(OC)c(Cl)c2c1Oc1cc(C)cc(OC(C)=O)c1C(=O)O2. The Bertz CT molecular complexity index is 1010. The van der Waals surface area contributed by atoms with Gasteiger partial charge in [-0.15, -0.1) is 0 Å². The predicted octanol–water partition coefficient (Wildman–Crippen LogP) is 3.69. The zero-order valence-electron chi connectivity index (χ0n) is 15.4. The molecule has 0 N–H and O–H groups in total. The summed E-state index contributed by atoms with van der Waals surface area (Å²) in [6.45, 7) is 2.92. The molecule has 0 aromatic heterocycles. The fourth-order valence-electron chi connectivity index (χ4n) is 2.69. The number of esters is 3. The third-order valence-electron chi connectivity index (χ3n) is 3.84. The lowest BCUT2D eigenvalue weighted by molar-refractivity contribution is -0.131. The van der Waals surface area contributed by atoms with Gasteiger partial charge in [-0.05, 0) is 24.6 Å². The summed E-state index contributed by atoms with van der Waals surface area (Å²) in [5.41, 5.74) is 0.461. The number of carbonyl (C=O) groups excluding carboxylic acids is 3. The third kappa shape index (κ3) is 3.34. The van der Waals surface area contributed by atoms with E-state index >= 15 is 0 Å². The molecule has 0 fully saturated rings. The second kappa shape index (κ2) is 7.40. The van der Waals surface area contributed by atoms with Gasteiger partial charge >= 0.3 is 17.9 Å². The maximum Gasteiger partial charge on any atom is 0.351 e. The van der Waals surface area contributed by atoms with E-state index in [0.717, 1.165) is 0 Å². The van der Waals surface area contributed by atoms with Crippen LogP contribution in [0.1, 0.15) is 33.2 Å². The molecular weight excluding hydrogens is 392 g/mol. The van der Waals surface area contributed by atoms with Crippen molar-refractivity contribution < 1.29 is 38.1 Å². The van der Waals surface area contributed by atoms with Crippen LogP contribution in [0.5, 0.6) is 28.7 Å². The zero-order valence-corrected chi connectivity index (χ0v) is 16.1. The van der Waals surface area contributed by atoms with Gasteiger partial charge in [-0.1, -0.05) is 11.6 Å². The van der Waals surface area contributed by atoms with Gasteiger partial charge in [-0.2, -0.15) is 0 Å². The fraction of sp³-hybridized carbons (Fsp3) is 0.211. The van der Waals surface area contributed by atoms with Crippen molar-refractivity contribution in [3.05, 3.63) is 39.9 Å². The van der Waals surface area contributed by atoms with Crippen molar-refractivity contribution in [2.45, 2.75) is 13.8 Å². The van der Waals surface area contributed by atoms with Gasteiger partial charge in [-0.25, -0.2) is 9.59 Å². The van der Waals surface area contributed by atoms with E-state index in [-0.39, 0.29) is 44.9 Å². The average Bonchev–Trinajstić information content (AvgIpc) is 2.77. The van der Waals surface area contributed by atoms with E-state index in [1.54, 1.807) is 6.92 Å². The highest BCUT2D eigenvalue weighted by molar-refractivity contribution is 6.34. The van der Waals surface area contributed by atoms with Gasteiger partial charge in [0.2, 0.25) is 0 Å². The lowest BCUT2D eigenvalue weighted by Gasteiger charge is -2.15. The molecular formula is C19H15ClO8. The van der Waals surface area contributed by atoms with E-state index in [1.807, 2.05) is 0 Å². The van der Waals surface area contributed by atoms with Crippen molar-refractivity contribution >= 4 is 29.5 Å². The lowest BCUT2D eigenvalue weighted by atomic mass is 10.1. The first-order valence-corrected chi connectivity index (χ1v) is 8.36. The fourth-order valence-corrected chi connectivity index (χ4v) is 2.94. The minimum atomic E-state index is -0.879. The summed E-state index contributed by atoms with van der Waals surface area (Å²) in [5.74, 6) is -2.51. The Morgan fingerprint density at radius 1 is 1.04 bits per heavy atom. The molecule has 9 heteroatoms. The highest BCUT2D eigenvalue weighted by Crippen LogP contribution is 2.50. The summed E-state index contributed by atoms with van der Waals surface area (Å²) in [4.78, 5) is 36.4. The van der Waals surface area contributed by atoms with Crippen LogP contribution >= 0.6 is 11.6 Å². The Labute approximate surface area is 164 Å². The Morgan fingerprint density at radius 3 is 2.36 bits per heavy atom. The average molecular weight is 407 g/mol. The van der Waals surface area contributed by atoms with Gasteiger partial charge in [0.25, 0.3) is 0 Å². The molecule has 0 saturated heterocycles. The van der Waals surface area contributed by atoms with E-state index in [1.165, 1.54) is 39.3 Å². The smallest absolute Gasteiger partial charge is 0.351 e. The Kier molecular flexibility index (Phi) is 5.15. The first-order valence-electron chi connectivity index (χ1n) is 7.98. The molecule has 0 atom stereocenters. The minimum Gasteiger partial charge on any atom is -0.495 e. The van der Waals surface area contributed by atoms with Crippen LogP contribution in [0.25, 0.3) is 0 Å². The molecule has 2 aromatic rings. The van der Waals surface area contributed by atoms with Crippen LogP contribution in [0.2, 0.25) is 5.02 Å². The van der Waals surface area contributed by atoms with Crippen LogP contribution in [0.3, 0.4) is 0 Å². The Hall–Kier alpha value is -3.26. The minimum absolute atomic E-state index is 0.0337. The lowest BCUT2D eigenvalue weighted by Crippen LogP contribution is -2.12. The van der Waals surface area contributed by atoms with Gasteiger partial charge in [0.1, 0.15) is 33.4 Å². The van der Waals surface area contributed by atoms with Crippen LogP contribution in [0.15, 0.2) is 18.2 Å². The van der Waals surface area contributed by atoms with Crippen molar-refractivity contribution in [1.29, 1.82) is 0 Å². The summed E-state index contributed by atoms with van der Waals surface area (Å²) in [5, 5.41) is -0.0722. The number of hydrogen-bond acceptors (Lipinski definition) is 8. The molecule has 0 spiro atoms. The molecule has 146 valence electrons. The molecule has 0 amide bonds. The van der Waals surface area contributed by atoms with E-state index in [4.69, 9.17) is 35.3 Å². The molecule has 1 aliphatic rings. The summed E-state index contributed by atoms with van der Waals surface area (Å²) in [6.07, 6.45) is 0. The largest absolute Gasteiger partial charge is 0.495 e. The highest BCUT2D eigenvalue weighted by Gasteiger charge is 2.34. The number of halogens is 1. The summed E-state index contributed by atoms with van der Waals surface area (Å²) >= 11 is 6.26. The summed E-state index contributed by atoms with van der Waals surface area (Å²) in [7, 11) is 2.53. The van der Waals surface area contributed by atoms with Crippen molar-refractivity contribution in [2.24, 2.45) is 0 Å². The van der Waals surface area contributed by atoms with E-state index in [0.29, 0.717) is 5.56 Å². The number of carbonyl (C=O) groups is 3. The number of methoxy groups -OCH3 is 2. The van der Waals surface area contributed by atoms with Crippen LogP contribution in [0.4, 0.5) is 0 Å². The first-order chi connectivity index (χ1) is 13.3. The molecule has 1 heterocycles. The van der Waals surface area contributed by atoms with Crippen molar-refractivity contribution in [3.63, 3.8) is 0 Å². The zero-order chi connectivity index (χ0) is 20.6. The molecule has 2 aromatic carbocycles. The maximum atomic E-state index is 12.8. The van der Waals surface area contributed by atoms with Crippen molar-refractivity contribution in [3.8, 4) is 28.7 Å². The summed E-state index contributed by atoms with van der Waals surface area (Å²) in [6, 6.07) is 4.34. The van der Waals surface area contributed by atoms with E-state index in [9.17, 15) is 14.4 Å². The normalized spacial score (nSPS) is 12.0. The number of hydrogen-bond donors (Lipinski definition) is 0. The number of aryl methyl sites for hydroxylation is 1. The third-order valence-corrected chi connectivity index (χ3v) is 4.20. The molecule has 0 aliphatic carbocycles. The van der Waals surface area contributed by atoms with Crippen LogP contribution < -0.4 is 18.9 Å². The molecule has 0 unspecified atom stereocenters. The summed E-state index contributed by atoms with van der Waals surface area (Å²) < 4.78 is 26.2. The molecule has 0 radical (unpaired) electrons. The first kappa shape index (κ1) is 19.5. The predicted molar refractivity (Wildman–Crippen MR) is 96.9 cm³/mol. The molecule has 0 saturated carbocycles. The molecule has 28 heavy (non-hydrogen) atoms. The van der Waals surface area contributed by atoms with Gasteiger partial charge in [0.05, 0.1) is 14.2 Å².